The molecular weight excluding hydrogens is 448 g/mol. The number of fused-ring (bicyclic) bond motifs is 3. The number of rotatable bonds is 3. The van der Waals surface area contributed by atoms with Crippen LogP contribution in [-0.2, 0) is 14.3 Å². The van der Waals surface area contributed by atoms with Crippen molar-refractivity contribution in [1.82, 2.24) is 0 Å². The first-order valence-corrected chi connectivity index (χ1v) is 10.1. The van der Waals surface area contributed by atoms with Gasteiger partial charge in [0.25, 0.3) is 0 Å². The van der Waals surface area contributed by atoms with E-state index in [0.29, 0.717) is 10.8 Å². The van der Waals surface area contributed by atoms with E-state index < -0.39 is 24.3 Å². The fourth-order valence-corrected chi connectivity index (χ4v) is 4.14. The Bertz CT molecular complexity index is 927. The maximum absolute atomic E-state index is 12.2. The molecule has 4 rings (SSSR count). The molecule has 2 aliphatic heterocycles. The van der Waals surface area contributed by atoms with E-state index >= 15 is 0 Å². The summed E-state index contributed by atoms with van der Waals surface area (Å²) in [6.07, 6.45) is -0.00389. The molecule has 2 aromatic rings. The Morgan fingerprint density at radius 2 is 1.96 bits per heavy atom. The molecule has 0 bridgehead atoms. The van der Waals surface area contributed by atoms with E-state index in [-0.39, 0.29) is 18.3 Å². The lowest BCUT2D eigenvalue weighted by Crippen LogP contribution is -2.42. The molecule has 7 heteroatoms. The molecule has 0 amide bonds. The highest BCUT2D eigenvalue weighted by molar-refractivity contribution is 9.10. The number of benzene rings is 2. The van der Waals surface area contributed by atoms with Crippen molar-refractivity contribution in [1.29, 1.82) is 0 Å². The van der Waals surface area contributed by atoms with E-state index in [1.165, 1.54) is 0 Å². The topological polar surface area (TPSA) is 65.0 Å². The summed E-state index contributed by atoms with van der Waals surface area (Å²) < 4.78 is 17.7. The normalized spacial score (nSPS) is 25.5. The molecule has 28 heavy (non-hydrogen) atoms. The van der Waals surface area contributed by atoms with Gasteiger partial charge in [0.15, 0.2) is 0 Å². The van der Waals surface area contributed by atoms with Crippen LogP contribution in [0.4, 0.5) is 0 Å². The Hall–Kier alpha value is -2.02. The Morgan fingerprint density at radius 3 is 2.68 bits per heavy atom. The molecule has 5 nitrogen and oxygen atoms in total. The Labute approximate surface area is 176 Å². The third-order valence-corrected chi connectivity index (χ3v) is 5.70. The van der Waals surface area contributed by atoms with Gasteiger partial charge in [-0.3, -0.25) is 0 Å². The molecular formula is C21H18BrClO5. The number of allylic oxidation sites excluding steroid dienone is 1. The molecule has 0 unspecified atom stereocenters. The number of aliphatic hydroxyl groups excluding tert-OH is 1. The van der Waals surface area contributed by atoms with Crippen LogP contribution in [0, 0.1) is 5.92 Å². The SMILES string of the molecule is CCOC(=O)C1=C[C@@H]2c3cc(Cl)ccc3O[C@H](c3ccc(Br)cc3)[C@H]2[C@@H](O)O1. The summed E-state index contributed by atoms with van der Waals surface area (Å²) in [5.74, 6) is -0.718. The molecule has 0 saturated carbocycles. The molecule has 2 aromatic carbocycles. The molecule has 0 aromatic heterocycles. The number of esters is 1. The molecule has 4 atom stereocenters. The summed E-state index contributed by atoms with van der Waals surface area (Å²) in [5.41, 5.74) is 1.70. The van der Waals surface area contributed by atoms with E-state index in [0.717, 1.165) is 15.6 Å². The lowest BCUT2D eigenvalue weighted by atomic mass is 9.76. The average Bonchev–Trinajstić information content (AvgIpc) is 2.68. The van der Waals surface area contributed by atoms with Crippen molar-refractivity contribution in [2.75, 3.05) is 6.61 Å². The summed E-state index contributed by atoms with van der Waals surface area (Å²) in [6, 6.07) is 13.1. The number of ether oxygens (including phenoxy) is 3. The summed E-state index contributed by atoms with van der Waals surface area (Å²) in [5, 5.41) is 11.3. The molecule has 1 N–H and O–H groups in total. The Kier molecular flexibility index (Phi) is 5.36. The van der Waals surface area contributed by atoms with E-state index in [9.17, 15) is 9.90 Å². The zero-order chi connectivity index (χ0) is 19.8. The molecule has 2 aliphatic rings. The van der Waals surface area contributed by atoms with Gasteiger partial charge in [-0.1, -0.05) is 39.7 Å². The summed E-state index contributed by atoms with van der Waals surface area (Å²) in [4.78, 5) is 12.2. The second-order valence-corrected chi connectivity index (χ2v) is 7.99. The lowest BCUT2D eigenvalue weighted by molar-refractivity contribution is -0.170. The number of carbonyl (C=O) groups excluding carboxylic acids is 1. The van der Waals surface area contributed by atoms with Crippen molar-refractivity contribution in [2.24, 2.45) is 5.92 Å². The molecule has 0 radical (unpaired) electrons. The van der Waals surface area contributed by atoms with Gasteiger partial charge in [0.2, 0.25) is 12.0 Å². The number of aliphatic hydroxyl groups is 1. The summed E-state index contributed by atoms with van der Waals surface area (Å²) in [7, 11) is 0. The Balaban J connectivity index is 1.81. The van der Waals surface area contributed by atoms with Crippen molar-refractivity contribution in [3.05, 3.63) is 74.9 Å². The first-order valence-electron chi connectivity index (χ1n) is 8.93. The quantitative estimate of drug-likeness (QED) is 0.664. The lowest BCUT2D eigenvalue weighted by Gasteiger charge is -2.43. The highest BCUT2D eigenvalue weighted by Crippen LogP contribution is 2.51. The molecule has 0 aliphatic carbocycles. The molecule has 0 saturated heterocycles. The Morgan fingerprint density at radius 1 is 1.21 bits per heavy atom. The standard InChI is InChI=1S/C21H18BrClO5/c1-2-26-20(24)17-10-15-14-9-13(23)7-8-16(14)27-19(18(15)21(25)28-17)11-3-5-12(22)6-4-11/h3-10,15,18-19,21,25H,2H2,1H3/t15-,18+,19-,21+/m1/s1. The van der Waals surface area contributed by atoms with Crippen LogP contribution in [-0.4, -0.2) is 24.0 Å². The van der Waals surface area contributed by atoms with Crippen LogP contribution in [0.15, 0.2) is 58.8 Å². The fourth-order valence-electron chi connectivity index (χ4n) is 3.70. The number of halogens is 2. The number of hydrogen-bond acceptors (Lipinski definition) is 5. The van der Waals surface area contributed by atoms with Crippen LogP contribution in [0.2, 0.25) is 5.02 Å². The first-order chi connectivity index (χ1) is 13.5. The maximum Gasteiger partial charge on any atom is 0.373 e. The highest BCUT2D eigenvalue weighted by Gasteiger charge is 2.47. The van der Waals surface area contributed by atoms with Crippen molar-refractivity contribution in [2.45, 2.75) is 25.2 Å². The fraction of sp³-hybridized carbons (Fsp3) is 0.286. The van der Waals surface area contributed by atoms with Gasteiger partial charge in [0.1, 0.15) is 11.9 Å². The van der Waals surface area contributed by atoms with Gasteiger partial charge >= 0.3 is 5.97 Å². The van der Waals surface area contributed by atoms with Crippen molar-refractivity contribution < 1.29 is 24.1 Å². The predicted molar refractivity (Wildman–Crippen MR) is 107 cm³/mol. The van der Waals surface area contributed by atoms with Crippen LogP contribution in [0.25, 0.3) is 0 Å². The minimum absolute atomic E-state index is 0.00187. The highest BCUT2D eigenvalue weighted by atomic mass is 79.9. The van der Waals surface area contributed by atoms with Crippen molar-refractivity contribution in [3.63, 3.8) is 0 Å². The zero-order valence-electron chi connectivity index (χ0n) is 15.0. The summed E-state index contributed by atoms with van der Waals surface area (Å²) >= 11 is 9.63. The predicted octanol–water partition coefficient (Wildman–Crippen LogP) is 4.73. The largest absolute Gasteiger partial charge is 0.485 e. The second-order valence-electron chi connectivity index (χ2n) is 6.64. The van der Waals surface area contributed by atoms with Crippen LogP contribution in [0.5, 0.6) is 5.75 Å². The second kappa shape index (κ2) is 7.78. The van der Waals surface area contributed by atoms with E-state index in [1.807, 2.05) is 24.3 Å². The van der Waals surface area contributed by atoms with Crippen molar-refractivity contribution in [3.8, 4) is 5.75 Å². The smallest absolute Gasteiger partial charge is 0.373 e. The summed E-state index contributed by atoms with van der Waals surface area (Å²) in [6.45, 7) is 1.93. The van der Waals surface area contributed by atoms with Crippen LogP contribution >= 0.6 is 27.5 Å². The number of hydrogen-bond donors (Lipinski definition) is 1. The molecule has 0 spiro atoms. The van der Waals surface area contributed by atoms with Gasteiger partial charge in [-0.15, -0.1) is 0 Å². The maximum atomic E-state index is 12.2. The van der Waals surface area contributed by atoms with Crippen LogP contribution in [0.1, 0.15) is 30.1 Å². The van der Waals surface area contributed by atoms with Crippen molar-refractivity contribution >= 4 is 33.5 Å². The minimum Gasteiger partial charge on any atom is -0.485 e. The van der Waals surface area contributed by atoms with E-state index in [1.54, 1.807) is 31.2 Å². The minimum atomic E-state index is -1.24. The van der Waals surface area contributed by atoms with E-state index in [2.05, 4.69) is 15.9 Å². The zero-order valence-corrected chi connectivity index (χ0v) is 17.3. The van der Waals surface area contributed by atoms with Gasteiger partial charge in [-0.25, -0.2) is 4.79 Å². The monoisotopic (exact) mass is 464 g/mol. The third kappa shape index (κ3) is 3.52. The van der Waals surface area contributed by atoms with Gasteiger partial charge < -0.3 is 19.3 Å². The van der Waals surface area contributed by atoms with Crippen LogP contribution in [0.3, 0.4) is 0 Å². The van der Waals surface area contributed by atoms with E-state index in [4.69, 9.17) is 25.8 Å². The first kappa shape index (κ1) is 19.3. The van der Waals surface area contributed by atoms with Crippen LogP contribution < -0.4 is 4.74 Å². The van der Waals surface area contributed by atoms with Gasteiger partial charge in [-0.2, -0.15) is 0 Å². The van der Waals surface area contributed by atoms with Gasteiger partial charge in [-0.05, 0) is 48.9 Å². The molecule has 0 fully saturated rings. The number of carbonyl (C=O) groups is 1. The molecule has 146 valence electrons. The van der Waals surface area contributed by atoms with Gasteiger partial charge in [0, 0.05) is 21.0 Å². The molecule has 2 heterocycles. The third-order valence-electron chi connectivity index (χ3n) is 4.93. The average molecular weight is 466 g/mol. The van der Waals surface area contributed by atoms with Gasteiger partial charge in [0.05, 0.1) is 12.5 Å².